The molecule has 0 spiro atoms. The summed E-state index contributed by atoms with van der Waals surface area (Å²) < 4.78 is 4.84. The molecule has 2 aromatic heterocycles. The van der Waals surface area contributed by atoms with E-state index in [1.54, 1.807) is 0 Å². The molecule has 2 nitrogen and oxygen atoms in total. The number of fused-ring (bicyclic) bond motifs is 6. The number of para-hydroxylation sites is 2. The van der Waals surface area contributed by atoms with Crippen LogP contribution in [0.3, 0.4) is 0 Å². The summed E-state index contributed by atoms with van der Waals surface area (Å²) in [4.78, 5) is 0. The van der Waals surface area contributed by atoms with Gasteiger partial charge < -0.3 is 9.13 Å². The van der Waals surface area contributed by atoms with Crippen LogP contribution in [0.1, 0.15) is 0 Å². The Balaban J connectivity index is 1.02. The highest BCUT2D eigenvalue weighted by Crippen LogP contribution is 2.39. The molecule has 0 saturated carbocycles. The molecule has 9 aromatic carbocycles. The van der Waals surface area contributed by atoms with Crippen LogP contribution in [0, 0.1) is 0 Å². The predicted molar refractivity (Wildman–Crippen MR) is 237 cm³/mol. The Labute approximate surface area is 325 Å². The fraction of sp³-hybridized carbons (Fsp3) is 0. The van der Waals surface area contributed by atoms with Gasteiger partial charge in [0.2, 0.25) is 0 Å². The molecule has 0 aliphatic heterocycles. The van der Waals surface area contributed by atoms with E-state index in [0.29, 0.717) is 0 Å². The van der Waals surface area contributed by atoms with Gasteiger partial charge in [0, 0.05) is 32.9 Å². The van der Waals surface area contributed by atoms with Crippen LogP contribution in [0.5, 0.6) is 0 Å². The first-order valence-corrected chi connectivity index (χ1v) is 19.3. The molecule has 0 atom stereocenters. The first kappa shape index (κ1) is 32.0. The van der Waals surface area contributed by atoms with E-state index in [0.717, 1.165) is 11.4 Å². The van der Waals surface area contributed by atoms with E-state index >= 15 is 0 Å². The summed E-state index contributed by atoms with van der Waals surface area (Å²) in [5, 5.41) is 5.00. The lowest BCUT2D eigenvalue weighted by Crippen LogP contribution is -1.95. The molecule has 11 rings (SSSR count). The number of nitrogens with zero attached hydrogens (tertiary/aromatic N) is 2. The van der Waals surface area contributed by atoms with Crippen molar-refractivity contribution in [3.05, 3.63) is 218 Å². The minimum Gasteiger partial charge on any atom is -0.309 e. The van der Waals surface area contributed by atoms with E-state index in [9.17, 15) is 0 Å². The van der Waals surface area contributed by atoms with E-state index in [-0.39, 0.29) is 0 Å². The molecule has 0 aliphatic rings. The van der Waals surface area contributed by atoms with Crippen LogP contribution in [-0.2, 0) is 0 Å². The van der Waals surface area contributed by atoms with Gasteiger partial charge in [-0.15, -0.1) is 0 Å². The fourth-order valence-electron chi connectivity index (χ4n) is 8.62. The minimum atomic E-state index is 1.15. The van der Waals surface area contributed by atoms with Gasteiger partial charge in [0.15, 0.2) is 0 Å². The van der Waals surface area contributed by atoms with Crippen LogP contribution in [-0.4, -0.2) is 9.13 Å². The standard InChI is InChI=1S/C54H36N2/c1-3-13-37(14-4-1)39-25-27-40(28-26-39)42-18-12-19-45(34-42)55-52-24-10-8-22-48(52)50-35-43(30-32-53(50)55)44-29-31-49-47-21-7-9-23-51(47)56(54(49)36-44)46-20-11-17-41(33-46)38-15-5-2-6-16-38/h1-36H. The summed E-state index contributed by atoms with van der Waals surface area (Å²) in [6, 6.07) is 79.4. The van der Waals surface area contributed by atoms with Gasteiger partial charge in [-0.1, -0.05) is 164 Å². The zero-order valence-electron chi connectivity index (χ0n) is 30.7. The lowest BCUT2D eigenvalue weighted by molar-refractivity contribution is 1.18. The molecule has 2 heteroatoms. The van der Waals surface area contributed by atoms with Crippen LogP contribution >= 0.6 is 0 Å². The molecule has 0 fully saturated rings. The zero-order chi connectivity index (χ0) is 37.0. The van der Waals surface area contributed by atoms with Crippen molar-refractivity contribution in [3.8, 4) is 55.9 Å². The molecule has 0 radical (unpaired) electrons. The monoisotopic (exact) mass is 712 g/mol. The van der Waals surface area contributed by atoms with Gasteiger partial charge >= 0.3 is 0 Å². The summed E-state index contributed by atoms with van der Waals surface area (Å²) in [6.07, 6.45) is 0. The molecule has 0 saturated heterocycles. The van der Waals surface area contributed by atoms with Gasteiger partial charge in [0.05, 0.1) is 22.1 Å². The van der Waals surface area contributed by atoms with Crippen molar-refractivity contribution in [3.63, 3.8) is 0 Å². The van der Waals surface area contributed by atoms with Gasteiger partial charge in [-0.2, -0.15) is 0 Å². The van der Waals surface area contributed by atoms with Gasteiger partial charge in [-0.3, -0.25) is 0 Å². The Morgan fingerprint density at radius 1 is 0.196 bits per heavy atom. The summed E-state index contributed by atoms with van der Waals surface area (Å²) in [5.74, 6) is 0. The molecular formula is C54H36N2. The van der Waals surface area contributed by atoms with Crippen molar-refractivity contribution in [1.29, 1.82) is 0 Å². The highest BCUT2D eigenvalue weighted by atomic mass is 15.0. The third kappa shape index (κ3) is 5.34. The van der Waals surface area contributed by atoms with Crippen LogP contribution < -0.4 is 0 Å². The predicted octanol–water partition coefficient (Wildman–Crippen LogP) is 14.5. The lowest BCUT2D eigenvalue weighted by atomic mass is 10.00. The van der Waals surface area contributed by atoms with Crippen molar-refractivity contribution in [2.75, 3.05) is 0 Å². The normalized spacial score (nSPS) is 11.6. The average Bonchev–Trinajstić information content (AvgIpc) is 3.79. The van der Waals surface area contributed by atoms with Crippen molar-refractivity contribution in [2.45, 2.75) is 0 Å². The van der Waals surface area contributed by atoms with E-state index < -0.39 is 0 Å². The number of benzene rings is 9. The molecule has 0 amide bonds. The maximum absolute atomic E-state index is 2.42. The first-order chi connectivity index (χ1) is 27.8. The third-order valence-corrected chi connectivity index (χ3v) is 11.3. The second-order valence-corrected chi connectivity index (χ2v) is 14.6. The number of hydrogen-bond acceptors (Lipinski definition) is 0. The average molecular weight is 713 g/mol. The summed E-state index contributed by atoms with van der Waals surface area (Å²) in [7, 11) is 0. The quantitative estimate of drug-likeness (QED) is 0.162. The second kappa shape index (κ2) is 13.2. The highest BCUT2D eigenvalue weighted by molar-refractivity contribution is 6.12. The second-order valence-electron chi connectivity index (χ2n) is 14.6. The van der Waals surface area contributed by atoms with E-state index in [2.05, 4.69) is 228 Å². The van der Waals surface area contributed by atoms with E-state index in [4.69, 9.17) is 0 Å². The highest BCUT2D eigenvalue weighted by Gasteiger charge is 2.17. The Kier molecular flexibility index (Phi) is 7.53. The summed E-state index contributed by atoms with van der Waals surface area (Å²) in [6.45, 7) is 0. The van der Waals surface area contributed by atoms with E-state index in [1.165, 1.54) is 88.1 Å². The summed E-state index contributed by atoms with van der Waals surface area (Å²) in [5.41, 5.74) is 16.8. The zero-order valence-corrected chi connectivity index (χ0v) is 30.7. The smallest absolute Gasteiger partial charge is 0.0547 e. The first-order valence-electron chi connectivity index (χ1n) is 19.3. The van der Waals surface area contributed by atoms with Crippen LogP contribution in [0.25, 0.3) is 99.5 Å². The molecular weight excluding hydrogens is 677 g/mol. The van der Waals surface area contributed by atoms with Crippen LogP contribution in [0.15, 0.2) is 218 Å². The number of hydrogen-bond donors (Lipinski definition) is 0. The summed E-state index contributed by atoms with van der Waals surface area (Å²) >= 11 is 0. The molecule has 56 heavy (non-hydrogen) atoms. The SMILES string of the molecule is c1ccc(-c2ccc(-c3cccc(-n4c5ccccc5c5cc(-c6ccc7c8ccccc8n(-c8cccc(-c9ccccc9)c8)c7c6)ccc54)c3)cc2)cc1. The van der Waals surface area contributed by atoms with Crippen LogP contribution in [0.2, 0.25) is 0 Å². The van der Waals surface area contributed by atoms with Crippen molar-refractivity contribution in [2.24, 2.45) is 0 Å². The molecule has 0 bridgehead atoms. The van der Waals surface area contributed by atoms with Gasteiger partial charge in [0.25, 0.3) is 0 Å². The van der Waals surface area contributed by atoms with Gasteiger partial charge in [0.1, 0.15) is 0 Å². The Morgan fingerprint density at radius 3 is 1.20 bits per heavy atom. The molecule has 2 heterocycles. The number of rotatable bonds is 6. The number of aromatic nitrogens is 2. The Morgan fingerprint density at radius 2 is 0.571 bits per heavy atom. The van der Waals surface area contributed by atoms with Crippen molar-refractivity contribution >= 4 is 43.6 Å². The minimum absolute atomic E-state index is 1.15. The van der Waals surface area contributed by atoms with Crippen molar-refractivity contribution in [1.82, 2.24) is 9.13 Å². The molecule has 0 aliphatic carbocycles. The molecule has 0 N–H and O–H groups in total. The van der Waals surface area contributed by atoms with Gasteiger partial charge in [-0.05, 0) is 99.1 Å². The van der Waals surface area contributed by atoms with Crippen LogP contribution in [0.4, 0.5) is 0 Å². The molecule has 11 aromatic rings. The molecule has 262 valence electrons. The maximum Gasteiger partial charge on any atom is 0.0547 e. The Hall–Kier alpha value is -7.42. The fourth-order valence-corrected chi connectivity index (χ4v) is 8.62. The van der Waals surface area contributed by atoms with Crippen molar-refractivity contribution < 1.29 is 0 Å². The maximum atomic E-state index is 2.42. The van der Waals surface area contributed by atoms with Gasteiger partial charge in [-0.25, -0.2) is 0 Å². The molecule has 0 unspecified atom stereocenters. The topological polar surface area (TPSA) is 9.86 Å². The third-order valence-electron chi connectivity index (χ3n) is 11.3. The van der Waals surface area contributed by atoms with E-state index in [1.807, 2.05) is 0 Å². The lowest BCUT2D eigenvalue weighted by Gasteiger charge is -2.12. The Bertz CT molecular complexity index is 3220. The largest absolute Gasteiger partial charge is 0.309 e.